The minimum atomic E-state index is -4.67. The third kappa shape index (κ3) is 21.0. The molecule has 0 aliphatic rings. The molecule has 2 rings (SSSR count). The Morgan fingerprint density at radius 3 is 1.45 bits per heavy atom. The molecule has 0 radical (unpaired) electrons. The van der Waals surface area contributed by atoms with Crippen molar-refractivity contribution in [3.05, 3.63) is 35.9 Å². The molecular formula is C14H28N10O4S. The molecule has 15 heteroatoms. The number of nitrogens with zero attached hydrogens (tertiary/aromatic N) is 4. The molecule has 12 N–H and O–H groups in total. The molecule has 0 aliphatic carbocycles. The van der Waals surface area contributed by atoms with Crippen molar-refractivity contribution in [2.45, 2.75) is 25.7 Å². The third-order valence-electron chi connectivity index (χ3n) is 2.91. The minimum Gasteiger partial charge on any atom is -0.370 e. The number of nitrogens with one attached hydrogen (secondary N) is 2. The molecule has 0 fully saturated rings. The van der Waals surface area contributed by atoms with Crippen molar-refractivity contribution in [1.82, 2.24) is 20.4 Å². The summed E-state index contributed by atoms with van der Waals surface area (Å²) < 4.78 is 31.6. The summed E-state index contributed by atoms with van der Waals surface area (Å²) in [7, 11) is -4.67. The first kappa shape index (κ1) is 25.8. The van der Waals surface area contributed by atoms with Gasteiger partial charge in [-0.05, 0) is 37.8 Å². The molecule has 0 saturated heterocycles. The number of aryl methyl sites for hydroxylation is 2. The lowest BCUT2D eigenvalue weighted by Gasteiger charge is -1.94. The largest absolute Gasteiger partial charge is 0.394 e. The summed E-state index contributed by atoms with van der Waals surface area (Å²) in [6.45, 7) is 1.34. The fourth-order valence-corrected chi connectivity index (χ4v) is 1.80. The van der Waals surface area contributed by atoms with E-state index in [1.54, 1.807) is 12.4 Å². The van der Waals surface area contributed by atoms with Crippen LogP contribution in [0.1, 0.15) is 24.2 Å². The number of nitrogens with two attached hydrogens (primary N) is 4. The number of hydrogen-bond donors (Lipinski definition) is 8. The first-order valence-corrected chi connectivity index (χ1v) is 9.74. The maximum absolute atomic E-state index is 8.74. The second kappa shape index (κ2) is 14.8. The Bertz CT molecular complexity index is 733. The summed E-state index contributed by atoms with van der Waals surface area (Å²) in [4.78, 5) is 7.72. The van der Waals surface area contributed by atoms with Gasteiger partial charge in [0.05, 0.1) is 0 Å². The van der Waals surface area contributed by atoms with Crippen molar-refractivity contribution in [3.8, 4) is 0 Å². The van der Waals surface area contributed by atoms with E-state index in [0.717, 1.165) is 37.1 Å². The van der Waals surface area contributed by atoms with Gasteiger partial charge in [-0.1, -0.05) is 0 Å². The molecule has 0 amide bonds. The fraction of sp³-hybridized carbons (Fsp3) is 0.429. The van der Waals surface area contributed by atoms with Crippen LogP contribution in [0.3, 0.4) is 0 Å². The van der Waals surface area contributed by atoms with E-state index in [9.17, 15) is 0 Å². The van der Waals surface area contributed by atoms with Crippen LogP contribution < -0.4 is 22.9 Å². The average molecular weight is 433 g/mol. The molecule has 164 valence electrons. The molecule has 29 heavy (non-hydrogen) atoms. The second-order valence-corrected chi connectivity index (χ2v) is 6.33. The summed E-state index contributed by atoms with van der Waals surface area (Å²) >= 11 is 0. The molecule has 2 aromatic heterocycles. The summed E-state index contributed by atoms with van der Waals surface area (Å²) in [5.41, 5.74) is 22.9. The van der Waals surface area contributed by atoms with Gasteiger partial charge in [-0.15, -0.1) is 0 Å². The Balaban J connectivity index is 0.000000442. The lowest BCUT2D eigenvalue weighted by molar-refractivity contribution is 0.381. The Labute approximate surface area is 168 Å². The van der Waals surface area contributed by atoms with Gasteiger partial charge in [0.15, 0.2) is 11.9 Å². The zero-order valence-electron chi connectivity index (χ0n) is 15.8. The average Bonchev–Trinajstić information content (AvgIpc) is 3.28. The third-order valence-corrected chi connectivity index (χ3v) is 2.91. The van der Waals surface area contributed by atoms with Gasteiger partial charge < -0.3 is 22.9 Å². The van der Waals surface area contributed by atoms with Crippen LogP contribution >= 0.6 is 0 Å². The Hall–Kier alpha value is -3.17. The standard InChI is InChI=1S/2C7H13N5.H2O4S/c2*8-7(9)10-4-1-2-6-3-5-11-12-6;1-5(2,3)4/h2*3,5H,1-2,4H2,(H,11,12)(H4,8,9,10);(H2,1,2,3,4). The number of H-pyrrole nitrogens is 2. The first-order valence-electron chi connectivity index (χ1n) is 8.35. The summed E-state index contributed by atoms with van der Waals surface area (Å²) in [5.74, 6) is 0.305. The van der Waals surface area contributed by atoms with Crippen LogP contribution in [0, 0.1) is 0 Å². The molecule has 0 aromatic carbocycles. The molecule has 14 nitrogen and oxygen atoms in total. The number of hydrogen-bond acceptors (Lipinski definition) is 6. The number of aromatic nitrogens is 4. The fourth-order valence-electron chi connectivity index (χ4n) is 1.80. The highest BCUT2D eigenvalue weighted by Gasteiger charge is 1.93. The van der Waals surface area contributed by atoms with Crippen LogP contribution in [-0.4, -0.2) is 62.9 Å². The SMILES string of the molecule is NC(N)=NCCCc1ccn[nH]1.NC(N)=NCCCc1ccn[nH]1.O=S(=O)(O)O. The molecule has 0 saturated carbocycles. The van der Waals surface area contributed by atoms with E-state index in [4.69, 9.17) is 40.5 Å². The molecule has 2 heterocycles. The van der Waals surface area contributed by atoms with Crippen molar-refractivity contribution < 1.29 is 17.5 Å². The van der Waals surface area contributed by atoms with Crippen LogP contribution in [0.25, 0.3) is 0 Å². The quantitative estimate of drug-likeness (QED) is 0.104. The Kier molecular flexibility index (Phi) is 13.2. The zero-order chi connectivity index (χ0) is 22.1. The maximum Gasteiger partial charge on any atom is 0.394 e. The van der Waals surface area contributed by atoms with Gasteiger partial charge in [0.1, 0.15) is 0 Å². The smallest absolute Gasteiger partial charge is 0.370 e. The van der Waals surface area contributed by atoms with Gasteiger partial charge in [-0.2, -0.15) is 18.6 Å². The summed E-state index contributed by atoms with van der Waals surface area (Å²) in [6.07, 6.45) is 7.18. The molecule has 0 bridgehead atoms. The monoisotopic (exact) mass is 432 g/mol. The van der Waals surface area contributed by atoms with E-state index in [0.29, 0.717) is 13.1 Å². The summed E-state index contributed by atoms with van der Waals surface area (Å²) in [5, 5.41) is 13.4. The molecule has 0 spiro atoms. The van der Waals surface area contributed by atoms with Crippen LogP contribution in [0.15, 0.2) is 34.5 Å². The van der Waals surface area contributed by atoms with Gasteiger partial charge in [0.2, 0.25) is 0 Å². The molecule has 0 atom stereocenters. The molecular weight excluding hydrogens is 404 g/mol. The van der Waals surface area contributed by atoms with Gasteiger partial charge >= 0.3 is 10.4 Å². The van der Waals surface area contributed by atoms with Crippen LogP contribution in [0.4, 0.5) is 0 Å². The van der Waals surface area contributed by atoms with Crippen molar-refractivity contribution in [2.75, 3.05) is 13.1 Å². The lowest BCUT2D eigenvalue weighted by Crippen LogP contribution is -2.23. The highest BCUT2D eigenvalue weighted by atomic mass is 32.3. The number of aliphatic imine (C=N–C) groups is 2. The van der Waals surface area contributed by atoms with Crippen molar-refractivity contribution in [2.24, 2.45) is 32.9 Å². The molecule has 0 unspecified atom stereocenters. The van der Waals surface area contributed by atoms with Crippen LogP contribution in [0.5, 0.6) is 0 Å². The topological polar surface area (TPSA) is 261 Å². The molecule has 0 aliphatic heterocycles. The van der Waals surface area contributed by atoms with Gasteiger partial charge in [-0.3, -0.25) is 29.3 Å². The van der Waals surface area contributed by atoms with Gasteiger partial charge in [-0.25, -0.2) is 0 Å². The van der Waals surface area contributed by atoms with E-state index in [1.807, 2.05) is 12.1 Å². The number of guanidine groups is 2. The Morgan fingerprint density at radius 1 is 0.862 bits per heavy atom. The van der Waals surface area contributed by atoms with Crippen LogP contribution in [-0.2, 0) is 23.2 Å². The zero-order valence-corrected chi connectivity index (χ0v) is 16.6. The first-order chi connectivity index (χ1) is 13.6. The predicted octanol–water partition coefficient (Wildman–Crippen LogP) is -1.42. The van der Waals surface area contributed by atoms with E-state index in [1.165, 1.54) is 0 Å². The Morgan fingerprint density at radius 2 is 1.21 bits per heavy atom. The maximum atomic E-state index is 8.74. The predicted molar refractivity (Wildman–Crippen MR) is 109 cm³/mol. The van der Waals surface area contributed by atoms with Crippen molar-refractivity contribution in [3.63, 3.8) is 0 Å². The number of rotatable bonds is 8. The van der Waals surface area contributed by atoms with E-state index in [-0.39, 0.29) is 11.9 Å². The normalized spacial score (nSPS) is 10.0. The summed E-state index contributed by atoms with van der Waals surface area (Å²) in [6, 6.07) is 3.88. The van der Waals surface area contributed by atoms with Gasteiger partial charge in [0, 0.05) is 36.9 Å². The van der Waals surface area contributed by atoms with Crippen molar-refractivity contribution >= 4 is 22.3 Å². The highest BCUT2D eigenvalue weighted by molar-refractivity contribution is 7.79. The van der Waals surface area contributed by atoms with Crippen LogP contribution in [0.2, 0.25) is 0 Å². The van der Waals surface area contributed by atoms with E-state index < -0.39 is 10.4 Å². The minimum absolute atomic E-state index is 0.152. The highest BCUT2D eigenvalue weighted by Crippen LogP contribution is 1.97. The lowest BCUT2D eigenvalue weighted by atomic mass is 10.2. The van der Waals surface area contributed by atoms with Crippen molar-refractivity contribution in [1.29, 1.82) is 0 Å². The van der Waals surface area contributed by atoms with E-state index in [2.05, 4.69) is 30.4 Å². The second-order valence-electron chi connectivity index (χ2n) is 5.43. The molecule has 2 aromatic rings. The number of aromatic amines is 2. The van der Waals surface area contributed by atoms with Gasteiger partial charge in [0.25, 0.3) is 0 Å². The van der Waals surface area contributed by atoms with E-state index >= 15 is 0 Å².